The van der Waals surface area contributed by atoms with E-state index in [2.05, 4.69) is 20.9 Å². The van der Waals surface area contributed by atoms with E-state index in [1.807, 2.05) is 0 Å². The van der Waals surface area contributed by atoms with Crippen molar-refractivity contribution in [3.05, 3.63) is 52.1 Å². The molecular weight excluding hydrogens is 455 g/mol. The van der Waals surface area contributed by atoms with E-state index in [4.69, 9.17) is 0 Å². The van der Waals surface area contributed by atoms with Crippen LogP contribution in [0, 0.1) is 19.7 Å². The Kier molecular flexibility index (Phi) is 8.42. The maximum Gasteiger partial charge on any atom is 0.256 e. The minimum absolute atomic E-state index is 0.0249. The van der Waals surface area contributed by atoms with Gasteiger partial charge < -0.3 is 31.1 Å². The highest BCUT2D eigenvalue weighted by molar-refractivity contribution is 6.34. The highest BCUT2D eigenvalue weighted by Gasteiger charge is 2.26. The fraction of sp³-hybridized carbons (Fsp3) is 0.400. The first-order valence-corrected chi connectivity index (χ1v) is 11.5. The molecule has 0 spiro atoms. The number of carbonyl (C=O) groups is 3. The number of rotatable bonds is 10. The van der Waals surface area contributed by atoms with Crippen LogP contribution < -0.4 is 16.0 Å². The quantitative estimate of drug-likeness (QED) is 0.285. The SMILES string of the molecule is CCNC(=O)CC(O)C[C@H](O)CCNC(=O)c1c(C)[nH]c(/C=C2\C(=O)Nc3ccc(F)cc32)c1C. The van der Waals surface area contributed by atoms with Crippen LogP contribution in [0.4, 0.5) is 10.1 Å². The van der Waals surface area contributed by atoms with E-state index in [9.17, 15) is 29.0 Å². The largest absolute Gasteiger partial charge is 0.393 e. The van der Waals surface area contributed by atoms with Crippen LogP contribution in [-0.2, 0) is 9.59 Å². The lowest BCUT2D eigenvalue weighted by molar-refractivity contribution is -0.123. The molecule has 0 fully saturated rings. The Bertz CT molecular complexity index is 1160. The maximum absolute atomic E-state index is 13.7. The van der Waals surface area contributed by atoms with Crippen LogP contribution in [0.15, 0.2) is 18.2 Å². The van der Waals surface area contributed by atoms with Gasteiger partial charge in [-0.15, -0.1) is 0 Å². The molecule has 0 saturated carbocycles. The molecule has 0 aliphatic carbocycles. The number of amides is 3. The van der Waals surface area contributed by atoms with Gasteiger partial charge in [0.1, 0.15) is 5.82 Å². The summed E-state index contributed by atoms with van der Waals surface area (Å²) in [7, 11) is 0. The number of aromatic amines is 1. The van der Waals surface area contributed by atoms with Gasteiger partial charge in [0, 0.05) is 35.7 Å². The number of aliphatic hydroxyl groups is 2. The van der Waals surface area contributed by atoms with Crippen molar-refractivity contribution >= 4 is 35.1 Å². The standard InChI is InChI=1S/C25H31FN4O5/c1-4-27-22(33)11-17(32)10-16(31)7-8-28-25(35)23-13(2)21(29-14(23)3)12-19-18-9-15(26)5-6-20(18)30-24(19)34/h5-6,9,12,16-17,29,31-32H,4,7-8,10-11H2,1-3H3,(H,27,33)(H,28,35)(H,30,34)/b19-12-/t16-,17?/m1/s1. The lowest BCUT2D eigenvalue weighted by atomic mass is 10.0. The minimum Gasteiger partial charge on any atom is -0.393 e. The van der Waals surface area contributed by atoms with E-state index in [1.165, 1.54) is 18.2 Å². The van der Waals surface area contributed by atoms with Crippen LogP contribution >= 0.6 is 0 Å². The van der Waals surface area contributed by atoms with Gasteiger partial charge in [-0.3, -0.25) is 14.4 Å². The maximum atomic E-state index is 13.7. The number of aromatic nitrogens is 1. The number of aliphatic hydroxyl groups excluding tert-OH is 2. The zero-order valence-electron chi connectivity index (χ0n) is 20.0. The van der Waals surface area contributed by atoms with Crippen molar-refractivity contribution in [2.45, 2.75) is 52.2 Å². The number of hydrogen-bond acceptors (Lipinski definition) is 5. The smallest absolute Gasteiger partial charge is 0.256 e. The molecule has 0 saturated heterocycles. The summed E-state index contributed by atoms with van der Waals surface area (Å²) in [4.78, 5) is 39.8. The summed E-state index contributed by atoms with van der Waals surface area (Å²) in [6.07, 6.45) is -0.110. The predicted molar refractivity (Wildman–Crippen MR) is 130 cm³/mol. The topological polar surface area (TPSA) is 144 Å². The molecule has 3 amide bonds. The number of benzene rings is 1. The molecule has 188 valence electrons. The summed E-state index contributed by atoms with van der Waals surface area (Å²) >= 11 is 0. The predicted octanol–water partition coefficient (Wildman–Crippen LogP) is 2.02. The van der Waals surface area contributed by atoms with Gasteiger partial charge in [-0.05, 0) is 63.5 Å². The van der Waals surface area contributed by atoms with Gasteiger partial charge in [-0.25, -0.2) is 4.39 Å². The summed E-state index contributed by atoms with van der Waals surface area (Å²) in [5.74, 6) is -1.44. The molecule has 1 aliphatic rings. The van der Waals surface area contributed by atoms with Crippen LogP contribution in [0.2, 0.25) is 0 Å². The number of H-pyrrole nitrogens is 1. The van der Waals surface area contributed by atoms with Gasteiger partial charge in [0.25, 0.3) is 11.8 Å². The number of hydrogen-bond donors (Lipinski definition) is 6. The highest BCUT2D eigenvalue weighted by atomic mass is 19.1. The minimum atomic E-state index is -0.969. The lowest BCUT2D eigenvalue weighted by Gasteiger charge is -2.15. The van der Waals surface area contributed by atoms with Crippen LogP contribution in [0.5, 0.6) is 0 Å². The molecule has 1 aromatic carbocycles. The van der Waals surface area contributed by atoms with Gasteiger partial charge >= 0.3 is 0 Å². The molecule has 2 heterocycles. The van der Waals surface area contributed by atoms with Crippen molar-refractivity contribution in [1.82, 2.24) is 15.6 Å². The first-order chi connectivity index (χ1) is 16.6. The third kappa shape index (κ3) is 6.34. The van der Waals surface area contributed by atoms with Crippen molar-refractivity contribution in [3.63, 3.8) is 0 Å². The number of halogens is 1. The molecule has 0 bridgehead atoms. The molecule has 0 radical (unpaired) electrons. The van der Waals surface area contributed by atoms with Gasteiger partial charge in [0.15, 0.2) is 0 Å². The van der Waals surface area contributed by atoms with Crippen molar-refractivity contribution < 1.29 is 29.0 Å². The fourth-order valence-electron chi connectivity index (χ4n) is 4.15. The third-order valence-corrected chi connectivity index (χ3v) is 5.86. The average molecular weight is 487 g/mol. The number of carbonyl (C=O) groups excluding carboxylic acids is 3. The molecule has 1 aliphatic heterocycles. The first-order valence-electron chi connectivity index (χ1n) is 11.5. The third-order valence-electron chi connectivity index (χ3n) is 5.86. The van der Waals surface area contributed by atoms with Crippen molar-refractivity contribution in [2.75, 3.05) is 18.4 Å². The summed E-state index contributed by atoms with van der Waals surface area (Å²) in [5.41, 5.74) is 3.48. The summed E-state index contributed by atoms with van der Waals surface area (Å²) in [6.45, 7) is 5.90. The van der Waals surface area contributed by atoms with Gasteiger partial charge in [0.05, 0.1) is 29.8 Å². The molecule has 6 N–H and O–H groups in total. The Morgan fingerprint density at radius 1 is 1.17 bits per heavy atom. The molecule has 35 heavy (non-hydrogen) atoms. The molecule has 1 unspecified atom stereocenters. The zero-order chi connectivity index (χ0) is 25.7. The fourth-order valence-corrected chi connectivity index (χ4v) is 4.15. The van der Waals surface area contributed by atoms with Gasteiger partial charge in [-0.2, -0.15) is 0 Å². The second-order valence-corrected chi connectivity index (χ2v) is 8.61. The van der Waals surface area contributed by atoms with Crippen LogP contribution in [0.3, 0.4) is 0 Å². The molecule has 9 nitrogen and oxygen atoms in total. The summed E-state index contributed by atoms with van der Waals surface area (Å²) in [5, 5.41) is 28.1. The molecule has 3 rings (SSSR count). The normalized spacial score (nSPS) is 15.5. The highest BCUT2D eigenvalue weighted by Crippen LogP contribution is 2.34. The van der Waals surface area contributed by atoms with E-state index < -0.39 is 18.0 Å². The van der Waals surface area contributed by atoms with E-state index in [0.717, 1.165) is 0 Å². The number of anilines is 1. The van der Waals surface area contributed by atoms with E-state index in [0.29, 0.717) is 45.9 Å². The Hall–Kier alpha value is -3.50. The number of aryl methyl sites for hydroxylation is 1. The Morgan fingerprint density at radius 3 is 2.63 bits per heavy atom. The summed E-state index contributed by atoms with van der Waals surface area (Å²) in [6, 6.07) is 4.06. The Morgan fingerprint density at radius 2 is 1.91 bits per heavy atom. The van der Waals surface area contributed by atoms with Crippen molar-refractivity contribution in [1.29, 1.82) is 0 Å². The molecule has 2 atom stereocenters. The van der Waals surface area contributed by atoms with Crippen LogP contribution in [-0.4, -0.2) is 58.2 Å². The summed E-state index contributed by atoms with van der Waals surface area (Å²) < 4.78 is 13.7. The van der Waals surface area contributed by atoms with E-state index >= 15 is 0 Å². The van der Waals surface area contributed by atoms with Crippen molar-refractivity contribution in [2.24, 2.45) is 0 Å². The monoisotopic (exact) mass is 486 g/mol. The lowest BCUT2D eigenvalue weighted by Crippen LogP contribution is -2.31. The second kappa shape index (κ2) is 11.3. The molecule has 1 aromatic heterocycles. The second-order valence-electron chi connectivity index (χ2n) is 8.61. The Balaban J connectivity index is 1.62. The van der Waals surface area contributed by atoms with Crippen LogP contribution in [0.1, 0.15) is 59.1 Å². The Labute approximate surface area is 202 Å². The molecule has 10 heteroatoms. The number of fused-ring (bicyclic) bond motifs is 1. The average Bonchev–Trinajstić information content (AvgIpc) is 3.22. The molecule has 2 aromatic rings. The van der Waals surface area contributed by atoms with Gasteiger partial charge in [0.2, 0.25) is 5.91 Å². The van der Waals surface area contributed by atoms with Crippen molar-refractivity contribution in [3.8, 4) is 0 Å². The molecular formula is C25H31FN4O5. The van der Waals surface area contributed by atoms with Gasteiger partial charge in [-0.1, -0.05) is 0 Å². The zero-order valence-corrected chi connectivity index (χ0v) is 20.0. The van der Waals surface area contributed by atoms with Crippen LogP contribution in [0.25, 0.3) is 11.6 Å². The van der Waals surface area contributed by atoms with E-state index in [-0.39, 0.29) is 43.5 Å². The van der Waals surface area contributed by atoms with E-state index in [1.54, 1.807) is 26.8 Å². The first kappa shape index (κ1) is 26.1. The number of nitrogens with one attached hydrogen (secondary N) is 4.